The molecular formula is C9H18N2O3S. The molecule has 15 heavy (non-hydrogen) atoms. The summed E-state index contributed by atoms with van der Waals surface area (Å²) in [5.74, 6) is -0.625. The van der Waals surface area contributed by atoms with Gasteiger partial charge in [-0.1, -0.05) is 6.92 Å². The predicted octanol–water partition coefficient (Wildman–Crippen LogP) is 0.0462. The Balaban J connectivity index is 4.04. The highest BCUT2D eigenvalue weighted by Crippen LogP contribution is 2.00. The molecule has 0 saturated heterocycles. The standard InChI is InChI=1S/C9H18N2O3S/c1-3-7(9(13)14)11-8(12)6(10)4-5-15-2/h6-7H,3-5,10H2,1-2H3,(H,11,12)(H,13,14)/t6-,7?/m0/s1. The highest BCUT2D eigenvalue weighted by atomic mass is 32.2. The van der Waals surface area contributed by atoms with Crippen molar-refractivity contribution in [2.75, 3.05) is 12.0 Å². The van der Waals surface area contributed by atoms with Gasteiger partial charge in [-0.2, -0.15) is 11.8 Å². The van der Waals surface area contributed by atoms with E-state index in [1.165, 1.54) is 0 Å². The molecule has 0 saturated carbocycles. The normalized spacial score (nSPS) is 14.3. The molecule has 0 aromatic carbocycles. The van der Waals surface area contributed by atoms with Crippen LogP contribution in [0, 0.1) is 0 Å². The molecule has 5 nitrogen and oxygen atoms in total. The lowest BCUT2D eigenvalue weighted by Gasteiger charge is -2.16. The molecule has 0 aromatic rings. The summed E-state index contributed by atoms with van der Waals surface area (Å²) in [6.45, 7) is 1.70. The van der Waals surface area contributed by atoms with Gasteiger partial charge in [-0.25, -0.2) is 4.79 Å². The minimum atomic E-state index is -1.03. The van der Waals surface area contributed by atoms with E-state index in [0.717, 1.165) is 5.75 Å². The first-order chi connectivity index (χ1) is 7.02. The van der Waals surface area contributed by atoms with Crippen LogP contribution in [0.2, 0.25) is 0 Å². The van der Waals surface area contributed by atoms with E-state index < -0.39 is 24.0 Å². The molecule has 2 atom stereocenters. The fraction of sp³-hybridized carbons (Fsp3) is 0.778. The molecule has 4 N–H and O–H groups in total. The zero-order valence-electron chi connectivity index (χ0n) is 9.03. The molecule has 0 aliphatic heterocycles. The fourth-order valence-electron chi connectivity index (χ4n) is 0.993. The Morgan fingerprint density at radius 3 is 2.53 bits per heavy atom. The molecule has 0 aromatic heterocycles. The molecule has 0 radical (unpaired) electrons. The fourth-order valence-corrected chi connectivity index (χ4v) is 1.48. The summed E-state index contributed by atoms with van der Waals surface area (Å²) in [6, 6.07) is -1.45. The molecule has 88 valence electrons. The van der Waals surface area contributed by atoms with Crippen molar-refractivity contribution in [3.05, 3.63) is 0 Å². The van der Waals surface area contributed by atoms with E-state index in [1.54, 1.807) is 18.7 Å². The first-order valence-corrected chi connectivity index (χ1v) is 6.20. The topological polar surface area (TPSA) is 92.4 Å². The van der Waals surface area contributed by atoms with Crippen molar-refractivity contribution in [3.63, 3.8) is 0 Å². The van der Waals surface area contributed by atoms with E-state index in [9.17, 15) is 9.59 Å². The Labute approximate surface area is 93.8 Å². The molecule has 0 spiro atoms. The number of carbonyl (C=O) groups is 2. The van der Waals surface area contributed by atoms with Crippen molar-refractivity contribution in [1.29, 1.82) is 0 Å². The second-order valence-electron chi connectivity index (χ2n) is 3.20. The van der Waals surface area contributed by atoms with Crippen molar-refractivity contribution < 1.29 is 14.7 Å². The number of rotatable bonds is 7. The number of hydrogen-bond acceptors (Lipinski definition) is 4. The van der Waals surface area contributed by atoms with E-state index in [2.05, 4.69) is 5.32 Å². The molecule has 0 aliphatic carbocycles. The largest absolute Gasteiger partial charge is 0.480 e. The number of amides is 1. The minimum Gasteiger partial charge on any atom is -0.480 e. The van der Waals surface area contributed by atoms with Crippen LogP contribution in [-0.4, -0.2) is 41.1 Å². The van der Waals surface area contributed by atoms with Gasteiger partial charge in [0.1, 0.15) is 6.04 Å². The molecule has 0 bridgehead atoms. The molecule has 6 heteroatoms. The average molecular weight is 234 g/mol. The zero-order chi connectivity index (χ0) is 11.8. The number of carboxylic acids is 1. The summed E-state index contributed by atoms with van der Waals surface area (Å²) in [4.78, 5) is 22.1. The number of carboxylic acid groups (broad SMARTS) is 1. The van der Waals surface area contributed by atoms with Gasteiger partial charge in [0.05, 0.1) is 6.04 Å². The SMILES string of the molecule is CCC(NC(=O)[C@@H](N)CCSC)C(=O)O. The van der Waals surface area contributed by atoms with Crippen LogP contribution >= 0.6 is 11.8 Å². The van der Waals surface area contributed by atoms with Gasteiger partial charge in [-0.3, -0.25) is 4.79 Å². The average Bonchev–Trinajstić information content (AvgIpc) is 2.21. The van der Waals surface area contributed by atoms with Crippen LogP contribution in [0.3, 0.4) is 0 Å². The van der Waals surface area contributed by atoms with Crippen molar-refractivity contribution in [3.8, 4) is 0 Å². The van der Waals surface area contributed by atoms with Gasteiger partial charge in [0.15, 0.2) is 0 Å². The summed E-state index contributed by atoms with van der Waals surface area (Å²) < 4.78 is 0. The minimum absolute atomic E-state index is 0.357. The molecule has 0 rings (SSSR count). The van der Waals surface area contributed by atoms with Gasteiger partial charge in [0.25, 0.3) is 0 Å². The van der Waals surface area contributed by atoms with E-state index in [1.807, 2.05) is 6.26 Å². The second kappa shape index (κ2) is 7.53. The Bertz CT molecular complexity index is 223. The Morgan fingerprint density at radius 1 is 1.53 bits per heavy atom. The van der Waals surface area contributed by atoms with Crippen LogP contribution in [0.15, 0.2) is 0 Å². The van der Waals surface area contributed by atoms with E-state index >= 15 is 0 Å². The van der Waals surface area contributed by atoms with E-state index in [0.29, 0.717) is 12.8 Å². The third-order valence-corrected chi connectivity index (χ3v) is 2.64. The van der Waals surface area contributed by atoms with Crippen molar-refractivity contribution in [2.45, 2.75) is 31.8 Å². The molecule has 0 aliphatic rings. The molecular weight excluding hydrogens is 216 g/mol. The Kier molecular flexibility index (Phi) is 7.15. The lowest BCUT2D eigenvalue weighted by molar-refractivity contribution is -0.142. The number of hydrogen-bond donors (Lipinski definition) is 3. The Hall–Kier alpha value is -0.750. The predicted molar refractivity (Wildman–Crippen MR) is 60.8 cm³/mol. The van der Waals surface area contributed by atoms with Crippen molar-refractivity contribution in [2.24, 2.45) is 5.73 Å². The summed E-state index contributed by atoms with van der Waals surface area (Å²) in [5.41, 5.74) is 5.59. The maximum absolute atomic E-state index is 11.4. The summed E-state index contributed by atoms with van der Waals surface area (Å²) in [6.07, 6.45) is 2.84. The third kappa shape index (κ3) is 5.64. The van der Waals surface area contributed by atoms with Crippen LogP contribution < -0.4 is 11.1 Å². The van der Waals surface area contributed by atoms with Crippen LogP contribution in [0.25, 0.3) is 0 Å². The maximum atomic E-state index is 11.4. The zero-order valence-corrected chi connectivity index (χ0v) is 9.84. The monoisotopic (exact) mass is 234 g/mol. The Morgan fingerprint density at radius 2 is 2.13 bits per heavy atom. The lowest BCUT2D eigenvalue weighted by Crippen LogP contribution is -2.48. The van der Waals surface area contributed by atoms with Gasteiger partial charge in [0, 0.05) is 0 Å². The number of aliphatic carboxylic acids is 1. The number of thioether (sulfide) groups is 1. The van der Waals surface area contributed by atoms with E-state index in [-0.39, 0.29) is 0 Å². The first-order valence-electron chi connectivity index (χ1n) is 4.80. The highest BCUT2D eigenvalue weighted by molar-refractivity contribution is 7.98. The molecule has 1 amide bonds. The van der Waals surface area contributed by atoms with Crippen molar-refractivity contribution >= 4 is 23.6 Å². The summed E-state index contributed by atoms with van der Waals surface area (Å²) in [7, 11) is 0. The number of nitrogens with two attached hydrogens (primary N) is 1. The molecule has 0 heterocycles. The smallest absolute Gasteiger partial charge is 0.326 e. The number of nitrogens with one attached hydrogen (secondary N) is 1. The first kappa shape index (κ1) is 14.2. The van der Waals surface area contributed by atoms with Gasteiger partial charge in [0.2, 0.25) is 5.91 Å². The quantitative estimate of drug-likeness (QED) is 0.578. The summed E-state index contributed by atoms with van der Waals surface area (Å²) >= 11 is 1.60. The van der Waals surface area contributed by atoms with Crippen LogP contribution in [0.4, 0.5) is 0 Å². The van der Waals surface area contributed by atoms with Gasteiger partial charge in [-0.15, -0.1) is 0 Å². The number of carbonyl (C=O) groups excluding carboxylic acids is 1. The molecule has 1 unspecified atom stereocenters. The van der Waals surface area contributed by atoms with Gasteiger partial charge >= 0.3 is 5.97 Å². The summed E-state index contributed by atoms with van der Waals surface area (Å²) in [5, 5.41) is 11.1. The third-order valence-electron chi connectivity index (χ3n) is 1.99. The van der Waals surface area contributed by atoms with E-state index in [4.69, 9.17) is 10.8 Å². The van der Waals surface area contributed by atoms with Crippen LogP contribution in [-0.2, 0) is 9.59 Å². The van der Waals surface area contributed by atoms with Crippen LogP contribution in [0.5, 0.6) is 0 Å². The second-order valence-corrected chi connectivity index (χ2v) is 4.18. The maximum Gasteiger partial charge on any atom is 0.326 e. The van der Waals surface area contributed by atoms with Crippen molar-refractivity contribution in [1.82, 2.24) is 5.32 Å². The van der Waals surface area contributed by atoms with Gasteiger partial charge < -0.3 is 16.2 Å². The van der Waals surface area contributed by atoms with Gasteiger partial charge in [-0.05, 0) is 24.9 Å². The highest BCUT2D eigenvalue weighted by Gasteiger charge is 2.21. The van der Waals surface area contributed by atoms with Crippen LogP contribution in [0.1, 0.15) is 19.8 Å². The lowest BCUT2D eigenvalue weighted by atomic mass is 10.2. The molecule has 0 fully saturated rings.